The number of nitrogens with one attached hydrogen (secondary N) is 1. The van der Waals surface area contributed by atoms with Crippen LogP contribution >= 0.6 is 0 Å². The van der Waals surface area contributed by atoms with Gasteiger partial charge in [-0.3, -0.25) is 4.79 Å². The Morgan fingerprint density at radius 3 is 2.86 bits per heavy atom. The molecule has 116 valence electrons. The minimum atomic E-state index is 0.0302. The predicted octanol–water partition coefficient (Wildman–Crippen LogP) is 1.97. The van der Waals surface area contributed by atoms with Crippen LogP contribution in [0.25, 0.3) is 0 Å². The molecule has 0 aliphatic heterocycles. The van der Waals surface area contributed by atoms with Crippen LogP contribution in [0.4, 0.5) is 5.69 Å². The van der Waals surface area contributed by atoms with E-state index in [1.165, 1.54) is 12.8 Å². The zero-order valence-corrected chi connectivity index (χ0v) is 12.6. The summed E-state index contributed by atoms with van der Waals surface area (Å²) in [5.74, 6) is 0.726. The first-order chi connectivity index (χ1) is 10.1. The fourth-order valence-corrected chi connectivity index (χ4v) is 2.25. The number of hydrogen-bond acceptors (Lipinski definition) is 4. The summed E-state index contributed by atoms with van der Waals surface area (Å²) in [4.78, 5) is 11.8. The molecule has 1 amide bonds. The first-order valence-electron chi connectivity index (χ1n) is 7.38. The zero-order valence-electron chi connectivity index (χ0n) is 12.6. The summed E-state index contributed by atoms with van der Waals surface area (Å²) in [6.07, 6.45) is 3.73. The molecule has 0 aromatic heterocycles. The number of hydrogen-bond donors (Lipinski definition) is 2. The Kier molecular flexibility index (Phi) is 5.44. The summed E-state index contributed by atoms with van der Waals surface area (Å²) in [7, 11) is 1.71. The van der Waals surface area contributed by atoms with Crippen molar-refractivity contribution in [3.8, 4) is 5.75 Å². The lowest BCUT2D eigenvalue weighted by Crippen LogP contribution is -2.31. The van der Waals surface area contributed by atoms with E-state index in [9.17, 15) is 4.79 Å². The molecule has 0 saturated heterocycles. The average Bonchev–Trinajstić information content (AvgIpc) is 3.24. The number of benzene rings is 1. The van der Waals surface area contributed by atoms with Gasteiger partial charge in [0.15, 0.2) is 0 Å². The Morgan fingerprint density at radius 2 is 2.19 bits per heavy atom. The first kappa shape index (κ1) is 15.6. The Bertz CT molecular complexity index is 472. The fourth-order valence-electron chi connectivity index (χ4n) is 2.25. The zero-order chi connectivity index (χ0) is 15.1. The van der Waals surface area contributed by atoms with Gasteiger partial charge in [0.05, 0.1) is 13.0 Å². The van der Waals surface area contributed by atoms with E-state index in [4.69, 9.17) is 15.2 Å². The van der Waals surface area contributed by atoms with E-state index in [-0.39, 0.29) is 11.3 Å². The molecule has 5 nitrogen and oxygen atoms in total. The van der Waals surface area contributed by atoms with Gasteiger partial charge in [-0.25, -0.2) is 0 Å². The highest BCUT2D eigenvalue weighted by Gasteiger charge is 2.41. The van der Waals surface area contributed by atoms with Crippen LogP contribution in [0, 0.1) is 5.41 Å². The van der Waals surface area contributed by atoms with Crippen LogP contribution in [0.15, 0.2) is 24.3 Å². The van der Waals surface area contributed by atoms with Gasteiger partial charge in [-0.15, -0.1) is 0 Å². The summed E-state index contributed by atoms with van der Waals surface area (Å²) in [6.45, 7) is 1.86. The first-order valence-corrected chi connectivity index (χ1v) is 7.38. The molecule has 1 aromatic rings. The van der Waals surface area contributed by atoms with Crippen LogP contribution < -0.4 is 15.8 Å². The maximum atomic E-state index is 11.8. The minimum Gasteiger partial charge on any atom is -0.493 e. The number of nitrogens with two attached hydrogens (primary N) is 1. The Morgan fingerprint density at radius 1 is 1.38 bits per heavy atom. The van der Waals surface area contributed by atoms with Crippen molar-refractivity contribution in [2.24, 2.45) is 5.41 Å². The van der Waals surface area contributed by atoms with Gasteiger partial charge in [0.25, 0.3) is 0 Å². The molecule has 3 N–H and O–H groups in total. The molecular weight excluding hydrogens is 268 g/mol. The van der Waals surface area contributed by atoms with Crippen molar-refractivity contribution in [3.05, 3.63) is 24.3 Å². The van der Waals surface area contributed by atoms with Crippen molar-refractivity contribution in [2.75, 3.05) is 32.6 Å². The Balaban J connectivity index is 1.62. The molecule has 1 fully saturated rings. The molecule has 0 radical (unpaired) electrons. The molecule has 0 spiro atoms. The van der Waals surface area contributed by atoms with E-state index >= 15 is 0 Å². The van der Waals surface area contributed by atoms with Crippen molar-refractivity contribution in [2.45, 2.75) is 25.7 Å². The summed E-state index contributed by atoms with van der Waals surface area (Å²) < 4.78 is 10.6. The van der Waals surface area contributed by atoms with Gasteiger partial charge >= 0.3 is 0 Å². The van der Waals surface area contributed by atoms with E-state index in [0.717, 1.165) is 19.6 Å². The molecule has 1 aliphatic rings. The van der Waals surface area contributed by atoms with Crippen molar-refractivity contribution in [3.63, 3.8) is 0 Å². The van der Waals surface area contributed by atoms with Gasteiger partial charge in [-0.05, 0) is 36.8 Å². The maximum Gasteiger partial charge on any atom is 0.223 e. The predicted molar refractivity (Wildman–Crippen MR) is 82.1 cm³/mol. The number of carbonyl (C=O) groups excluding carboxylic acids is 1. The SMILES string of the molecule is COCCC1(CNC(=O)CCOc2cccc(N)c2)CC1. The summed E-state index contributed by atoms with van der Waals surface area (Å²) in [6, 6.07) is 7.21. The number of rotatable bonds is 9. The van der Waals surface area contributed by atoms with Gasteiger partial charge in [0.1, 0.15) is 5.75 Å². The normalized spacial score (nSPS) is 15.5. The lowest BCUT2D eigenvalue weighted by molar-refractivity contribution is -0.121. The minimum absolute atomic E-state index is 0.0302. The van der Waals surface area contributed by atoms with Crippen molar-refractivity contribution in [1.29, 1.82) is 0 Å². The van der Waals surface area contributed by atoms with E-state index < -0.39 is 0 Å². The average molecular weight is 292 g/mol. The van der Waals surface area contributed by atoms with Gasteiger partial charge in [-0.2, -0.15) is 0 Å². The highest BCUT2D eigenvalue weighted by molar-refractivity contribution is 5.76. The van der Waals surface area contributed by atoms with Gasteiger partial charge in [0.2, 0.25) is 5.91 Å². The van der Waals surface area contributed by atoms with Gasteiger partial charge in [-0.1, -0.05) is 6.07 Å². The van der Waals surface area contributed by atoms with Crippen molar-refractivity contribution in [1.82, 2.24) is 5.32 Å². The smallest absolute Gasteiger partial charge is 0.223 e. The molecule has 5 heteroatoms. The molecule has 1 aliphatic carbocycles. The van der Waals surface area contributed by atoms with Crippen LogP contribution in [0.5, 0.6) is 5.75 Å². The van der Waals surface area contributed by atoms with E-state index in [2.05, 4.69) is 5.32 Å². The van der Waals surface area contributed by atoms with Crippen LogP contribution in [-0.4, -0.2) is 32.8 Å². The molecule has 0 atom stereocenters. The number of ether oxygens (including phenoxy) is 2. The second-order valence-corrected chi connectivity index (χ2v) is 5.69. The van der Waals surface area contributed by atoms with Gasteiger partial charge in [0, 0.05) is 32.0 Å². The summed E-state index contributed by atoms with van der Waals surface area (Å²) in [5.41, 5.74) is 6.60. The largest absolute Gasteiger partial charge is 0.493 e. The molecule has 1 aromatic carbocycles. The standard InChI is InChI=1S/C16H24N2O3/c1-20-10-8-16(6-7-16)12-18-15(19)5-9-21-14-4-2-3-13(17)11-14/h2-4,11H,5-10,12,17H2,1H3,(H,18,19). The van der Waals surface area contributed by atoms with E-state index in [0.29, 0.717) is 24.5 Å². The summed E-state index contributed by atoms with van der Waals surface area (Å²) >= 11 is 0. The van der Waals surface area contributed by atoms with Crippen LogP contribution in [0.1, 0.15) is 25.7 Å². The lowest BCUT2D eigenvalue weighted by Gasteiger charge is -2.15. The Labute approximate surface area is 125 Å². The van der Waals surface area contributed by atoms with Gasteiger partial charge < -0.3 is 20.5 Å². The third-order valence-corrected chi connectivity index (χ3v) is 3.91. The summed E-state index contributed by atoms with van der Waals surface area (Å²) in [5, 5.41) is 2.99. The molecule has 0 bridgehead atoms. The topological polar surface area (TPSA) is 73.6 Å². The van der Waals surface area contributed by atoms with Crippen LogP contribution in [0.3, 0.4) is 0 Å². The maximum absolute atomic E-state index is 11.8. The number of amides is 1. The number of nitrogen functional groups attached to an aromatic ring is 1. The fraction of sp³-hybridized carbons (Fsp3) is 0.562. The second kappa shape index (κ2) is 7.31. The quantitative estimate of drug-likeness (QED) is 0.682. The Hall–Kier alpha value is -1.75. The molecule has 0 unspecified atom stereocenters. The van der Waals surface area contributed by atoms with Crippen LogP contribution in [0.2, 0.25) is 0 Å². The number of methoxy groups -OCH3 is 1. The van der Waals surface area contributed by atoms with E-state index in [1.807, 2.05) is 12.1 Å². The lowest BCUT2D eigenvalue weighted by atomic mass is 10.0. The molecule has 0 heterocycles. The molecule has 1 saturated carbocycles. The third-order valence-electron chi connectivity index (χ3n) is 3.91. The second-order valence-electron chi connectivity index (χ2n) is 5.69. The molecule has 2 rings (SSSR count). The highest BCUT2D eigenvalue weighted by atomic mass is 16.5. The van der Waals surface area contributed by atoms with Crippen LogP contribution in [-0.2, 0) is 9.53 Å². The van der Waals surface area contributed by atoms with Crippen molar-refractivity contribution >= 4 is 11.6 Å². The highest BCUT2D eigenvalue weighted by Crippen LogP contribution is 2.48. The van der Waals surface area contributed by atoms with Crippen molar-refractivity contribution < 1.29 is 14.3 Å². The van der Waals surface area contributed by atoms with E-state index in [1.54, 1.807) is 19.2 Å². The monoisotopic (exact) mass is 292 g/mol. The number of anilines is 1. The number of carbonyl (C=O) groups is 1. The molecular formula is C16H24N2O3. The third kappa shape index (κ3) is 5.27. The molecule has 21 heavy (non-hydrogen) atoms.